The summed E-state index contributed by atoms with van der Waals surface area (Å²) >= 11 is 0. The summed E-state index contributed by atoms with van der Waals surface area (Å²) in [5, 5.41) is 6.10. The van der Waals surface area contributed by atoms with Gasteiger partial charge in [0.25, 0.3) is 5.91 Å². The molecule has 6 heteroatoms. The Morgan fingerprint density at radius 1 is 1.30 bits per heavy atom. The first-order valence-corrected chi connectivity index (χ1v) is 8.05. The highest BCUT2D eigenvalue weighted by Gasteiger charge is 2.27. The first-order valence-electron chi connectivity index (χ1n) is 8.05. The third-order valence-corrected chi connectivity index (χ3v) is 4.31. The van der Waals surface area contributed by atoms with Gasteiger partial charge in [0.2, 0.25) is 5.91 Å². The largest absolute Gasteiger partial charge is 0.352 e. The van der Waals surface area contributed by atoms with Crippen molar-refractivity contribution in [2.75, 3.05) is 19.6 Å². The quantitative estimate of drug-likeness (QED) is 0.809. The van der Waals surface area contributed by atoms with Gasteiger partial charge in [0.15, 0.2) is 0 Å². The van der Waals surface area contributed by atoms with Crippen molar-refractivity contribution < 1.29 is 14.0 Å². The molecule has 1 fully saturated rings. The SMILES string of the molecule is CC1NCCN(C(=O)CCCNC(=O)c2ccc(F)cc2)C1C. The molecule has 1 aromatic carbocycles. The van der Waals surface area contributed by atoms with Gasteiger partial charge in [0, 0.05) is 43.7 Å². The van der Waals surface area contributed by atoms with E-state index in [1.165, 1.54) is 24.3 Å². The maximum atomic E-state index is 12.8. The predicted octanol–water partition coefficient (Wildman–Crippen LogP) is 1.54. The zero-order chi connectivity index (χ0) is 16.8. The van der Waals surface area contributed by atoms with Crippen molar-refractivity contribution in [3.8, 4) is 0 Å². The van der Waals surface area contributed by atoms with Gasteiger partial charge in [-0.1, -0.05) is 0 Å². The van der Waals surface area contributed by atoms with E-state index in [4.69, 9.17) is 0 Å². The number of nitrogens with one attached hydrogen (secondary N) is 2. The summed E-state index contributed by atoms with van der Waals surface area (Å²) in [5.41, 5.74) is 0.419. The topological polar surface area (TPSA) is 61.4 Å². The van der Waals surface area contributed by atoms with Crippen LogP contribution < -0.4 is 10.6 Å². The molecular formula is C17H24FN3O2. The molecule has 23 heavy (non-hydrogen) atoms. The Labute approximate surface area is 136 Å². The predicted molar refractivity (Wildman–Crippen MR) is 86.6 cm³/mol. The number of rotatable bonds is 5. The monoisotopic (exact) mass is 321 g/mol. The number of nitrogens with zero attached hydrogens (tertiary/aromatic N) is 1. The summed E-state index contributed by atoms with van der Waals surface area (Å²) in [7, 11) is 0. The van der Waals surface area contributed by atoms with E-state index in [-0.39, 0.29) is 23.7 Å². The molecule has 2 unspecified atom stereocenters. The zero-order valence-corrected chi connectivity index (χ0v) is 13.6. The van der Waals surface area contributed by atoms with Crippen LogP contribution in [0.3, 0.4) is 0 Å². The molecule has 2 N–H and O–H groups in total. The van der Waals surface area contributed by atoms with Crippen LogP contribution in [0.5, 0.6) is 0 Å². The summed E-state index contributed by atoms with van der Waals surface area (Å²) in [4.78, 5) is 26.0. The van der Waals surface area contributed by atoms with Crippen molar-refractivity contribution >= 4 is 11.8 Å². The van der Waals surface area contributed by atoms with Crippen molar-refractivity contribution in [2.24, 2.45) is 0 Å². The highest BCUT2D eigenvalue weighted by atomic mass is 19.1. The van der Waals surface area contributed by atoms with E-state index < -0.39 is 0 Å². The van der Waals surface area contributed by atoms with Crippen molar-refractivity contribution in [1.29, 1.82) is 0 Å². The molecule has 1 heterocycles. The van der Waals surface area contributed by atoms with E-state index in [1.807, 2.05) is 11.8 Å². The number of benzene rings is 1. The van der Waals surface area contributed by atoms with E-state index >= 15 is 0 Å². The molecular weight excluding hydrogens is 297 g/mol. The minimum absolute atomic E-state index is 0.127. The van der Waals surface area contributed by atoms with Gasteiger partial charge in [-0.2, -0.15) is 0 Å². The minimum Gasteiger partial charge on any atom is -0.352 e. The highest BCUT2D eigenvalue weighted by Crippen LogP contribution is 2.11. The second-order valence-corrected chi connectivity index (χ2v) is 5.94. The lowest BCUT2D eigenvalue weighted by molar-refractivity contribution is -0.134. The van der Waals surface area contributed by atoms with Crippen molar-refractivity contribution in [1.82, 2.24) is 15.5 Å². The van der Waals surface area contributed by atoms with Gasteiger partial charge in [-0.3, -0.25) is 9.59 Å². The Bertz CT molecular complexity index is 547. The van der Waals surface area contributed by atoms with Gasteiger partial charge in [0.05, 0.1) is 0 Å². The van der Waals surface area contributed by atoms with Crippen LogP contribution in [0.25, 0.3) is 0 Å². The third kappa shape index (κ3) is 4.76. The first kappa shape index (κ1) is 17.4. The third-order valence-electron chi connectivity index (χ3n) is 4.31. The van der Waals surface area contributed by atoms with Gasteiger partial charge >= 0.3 is 0 Å². The van der Waals surface area contributed by atoms with Crippen LogP contribution in [0.1, 0.15) is 37.0 Å². The summed E-state index contributed by atoms with van der Waals surface area (Å²) in [5.74, 6) is -0.491. The van der Waals surface area contributed by atoms with Gasteiger partial charge in [-0.05, 0) is 44.5 Å². The molecule has 2 rings (SSSR count). The van der Waals surface area contributed by atoms with Gasteiger partial charge in [-0.25, -0.2) is 4.39 Å². The fourth-order valence-corrected chi connectivity index (χ4v) is 2.70. The number of hydrogen-bond donors (Lipinski definition) is 2. The maximum absolute atomic E-state index is 12.8. The molecule has 0 spiro atoms. The summed E-state index contributed by atoms with van der Waals surface area (Å²) < 4.78 is 12.8. The number of carbonyl (C=O) groups is 2. The molecule has 1 aliphatic heterocycles. The molecule has 0 aromatic heterocycles. The standard InChI is InChI=1S/C17H24FN3O2/c1-12-13(2)21(11-10-19-12)16(22)4-3-9-20-17(23)14-5-7-15(18)8-6-14/h5-8,12-13,19H,3-4,9-11H2,1-2H3,(H,20,23). The van der Waals surface area contributed by atoms with Gasteiger partial charge in [0.1, 0.15) is 5.82 Å². The highest BCUT2D eigenvalue weighted by molar-refractivity contribution is 5.94. The van der Waals surface area contributed by atoms with Crippen LogP contribution in [0.15, 0.2) is 24.3 Å². The van der Waals surface area contributed by atoms with Crippen LogP contribution in [-0.4, -0.2) is 48.4 Å². The lowest BCUT2D eigenvalue weighted by atomic mass is 10.1. The molecule has 1 aromatic rings. The first-order chi connectivity index (χ1) is 11.0. The second kappa shape index (κ2) is 8.06. The van der Waals surface area contributed by atoms with Crippen molar-refractivity contribution in [3.05, 3.63) is 35.6 Å². The summed E-state index contributed by atoms with van der Waals surface area (Å²) in [6, 6.07) is 5.88. The summed E-state index contributed by atoms with van der Waals surface area (Å²) in [6.07, 6.45) is 1.01. The number of amides is 2. The normalized spacial score (nSPS) is 21.1. The fourth-order valence-electron chi connectivity index (χ4n) is 2.70. The molecule has 126 valence electrons. The van der Waals surface area contributed by atoms with Crippen LogP contribution >= 0.6 is 0 Å². The lowest BCUT2D eigenvalue weighted by Gasteiger charge is -2.38. The Balaban J connectivity index is 1.71. The molecule has 0 bridgehead atoms. The van der Waals surface area contributed by atoms with Crippen LogP contribution in [-0.2, 0) is 4.79 Å². The van der Waals surface area contributed by atoms with Crippen molar-refractivity contribution in [2.45, 2.75) is 38.8 Å². The van der Waals surface area contributed by atoms with Crippen molar-refractivity contribution in [3.63, 3.8) is 0 Å². The lowest BCUT2D eigenvalue weighted by Crippen LogP contribution is -2.57. The molecule has 2 atom stereocenters. The molecule has 0 radical (unpaired) electrons. The number of hydrogen-bond acceptors (Lipinski definition) is 3. The average molecular weight is 321 g/mol. The van der Waals surface area contributed by atoms with E-state index in [0.717, 1.165) is 13.1 Å². The number of piperazine rings is 1. The van der Waals surface area contributed by atoms with Crippen LogP contribution in [0.2, 0.25) is 0 Å². The molecule has 0 aliphatic carbocycles. The number of halogens is 1. The van der Waals surface area contributed by atoms with Crippen LogP contribution in [0, 0.1) is 5.82 Å². The Morgan fingerprint density at radius 2 is 2.00 bits per heavy atom. The van der Waals surface area contributed by atoms with Crippen LogP contribution in [0.4, 0.5) is 4.39 Å². The van der Waals surface area contributed by atoms with E-state index in [2.05, 4.69) is 17.6 Å². The molecule has 1 saturated heterocycles. The molecule has 0 saturated carbocycles. The fraction of sp³-hybridized carbons (Fsp3) is 0.529. The average Bonchev–Trinajstić information content (AvgIpc) is 2.54. The van der Waals surface area contributed by atoms with E-state index in [9.17, 15) is 14.0 Å². The number of carbonyl (C=O) groups excluding carboxylic acids is 2. The van der Waals surface area contributed by atoms with E-state index in [1.54, 1.807) is 0 Å². The second-order valence-electron chi connectivity index (χ2n) is 5.94. The van der Waals surface area contributed by atoms with Gasteiger partial charge < -0.3 is 15.5 Å². The van der Waals surface area contributed by atoms with Gasteiger partial charge in [-0.15, -0.1) is 0 Å². The maximum Gasteiger partial charge on any atom is 0.251 e. The molecule has 1 aliphatic rings. The Morgan fingerprint density at radius 3 is 2.70 bits per heavy atom. The van der Waals surface area contributed by atoms with E-state index in [0.29, 0.717) is 31.0 Å². The minimum atomic E-state index is -0.369. The Kier molecular flexibility index (Phi) is 6.10. The Hall–Kier alpha value is -1.95. The smallest absolute Gasteiger partial charge is 0.251 e. The zero-order valence-electron chi connectivity index (χ0n) is 13.6. The molecule has 5 nitrogen and oxygen atoms in total. The molecule has 2 amide bonds. The summed E-state index contributed by atoms with van der Waals surface area (Å²) in [6.45, 7) is 6.10.